The summed E-state index contributed by atoms with van der Waals surface area (Å²) in [6, 6.07) is 0. The van der Waals surface area contributed by atoms with E-state index in [4.69, 9.17) is 15.7 Å². The third-order valence-corrected chi connectivity index (χ3v) is 3.78. The second-order valence-electron chi connectivity index (χ2n) is 5.01. The normalized spacial score (nSPS) is 16.2. The predicted molar refractivity (Wildman–Crippen MR) is 71.5 cm³/mol. The van der Waals surface area contributed by atoms with Crippen LogP contribution >= 0.6 is 0 Å². The highest BCUT2D eigenvalue weighted by Crippen LogP contribution is 2.29. The van der Waals surface area contributed by atoms with Crippen LogP contribution in [0.3, 0.4) is 0 Å². The van der Waals surface area contributed by atoms with E-state index < -0.39 is 0 Å². The van der Waals surface area contributed by atoms with Gasteiger partial charge in [0.05, 0.1) is 17.9 Å². The Morgan fingerprint density at radius 2 is 2.16 bits per heavy atom. The number of hydrogen-bond acceptors (Lipinski definition) is 5. The maximum Gasteiger partial charge on any atom is 0.244 e. The van der Waals surface area contributed by atoms with Crippen LogP contribution in [0.15, 0.2) is 5.16 Å². The van der Waals surface area contributed by atoms with Crippen molar-refractivity contribution in [2.24, 2.45) is 16.8 Å². The van der Waals surface area contributed by atoms with E-state index in [9.17, 15) is 0 Å². The molecule has 3 N–H and O–H groups in total. The average Bonchev–Trinajstić information content (AvgIpc) is 2.35. The molecule has 1 aliphatic carbocycles. The summed E-state index contributed by atoms with van der Waals surface area (Å²) in [6.07, 6.45) is 4.91. The molecule has 0 bridgehead atoms. The first-order chi connectivity index (χ1) is 9.13. The number of rotatable bonds is 5. The lowest BCUT2D eigenvalue weighted by molar-refractivity contribution is 0.215. The zero-order valence-electron chi connectivity index (χ0n) is 11.4. The number of nitrogens with zero attached hydrogens (tertiary/aromatic N) is 3. The summed E-state index contributed by atoms with van der Waals surface area (Å²) in [5.74, 6) is 1.12. The summed E-state index contributed by atoms with van der Waals surface area (Å²) in [4.78, 5) is 0. The van der Waals surface area contributed by atoms with Crippen LogP contribution in [0.25, 0.3) is 0 Å². The van der Waals surface area contributed by atoms with Gasteiger partial charge in [-0.15, -0.1) is 5.10 Å². The molecule has 2 rings (SSSR count). The monoisotopic (exact) mass is 264 g/mol. The van der Waals surface area contributed by atoms with Crippen molar-refractivity contribution in [3.8, 4) is 5.88 Å². The van der Waals surface area contributed by atoms with Gasteiger partial charge in [0.15, 0.2) is 5.84 Å². The fourth-order valence-corrected chi connectivity index (χ4v) is 2.14. The summed E-state index contributed by atoms with van der Waals surface area (Å²) in [7, 11) is 0. The molecule has 1 aromatic rings. The first-order valence-corrected chi connectivity index (χ1v) is 6.58. The van der Waals surface area contributed by atoms with Gasteiger partial charge in [-0.05, 0) is 31.7 Å². The highest BCUT2D eigenvalue weighted by Gasteiger charge is 2.19. The molecule has 0 aromatic carbocycles. The summed E-state index contributed by atoms with van der Waals surface area (Å²) >= 11 is 0. The second-order valence-corrected chi connectivity index (χ2v) is 5.01. The van der Waals surface area contributed by atoms with Crippen LogP contribution in [0.4, 0.5) is 0 Å². The second kappa shape index (κ2) is 5.86. The molecule has 1 fully saturated rings. The molecule has 1 aromatic heterocycles. The van der Waals surface area contributed by atoms with Crippen LogP contribution in [-0.2, 0) is 0 Å². The van der Waals surface area contributed by atoms with E-state index in [1.165, 1.54) is 19.3 Å². The van der Waals surface area contributed by atoms with E-state index in [1.807, 2.05) is 13.8 Å². The lowest BCUT2D eigenvalue weighted by Gasteiger charge is -2.25. The van der Waals surface area contributed by atoms with E-state index in [1.54, 1.807) is 0 Å². The van der Waals surface area contributed by atoms with Gasteiger partial charge in [0.2, 0.25) is 5.88 Å². The predicted octanol–water partition coefficient (Wildman–Crippen LogP) is 1.76. The van der Waals surface area contributed by atoms with Crippen molar-refractivity contribution in [1.29, 1.82) is 0 Å². The molecule has 0 aliphatic heterocycles. The molecule has 0 radical (unpaired) electrons. The minimum Gasteiger partial charge on any atom is -0.476 e. The topological polar surface area (TPSA) is 93.6 Å². The zero-order chi connectivity index (χ0) is 13.8. The Balaban J connectivity index is 2.11. The SMILES string of the molecule is Cc1nnc(OCCC2CCC2)c(C(N)=NO)c1C. The number of oxime groups is 1. The Morgan fingerprint density at radius 1 is 1.42 bits per heavy atom. The summed E-state index contributed by atoms with van der Waals surface area (Å²) < 4.78 is 5.66. The maximum atomic E-state index is 8.85. The fraction of sp³-hybridized carbons (Fsp3) is 0.615. The molecule has 104 valence electrons. The largest absolute Gasteiger partial charge is 0.476 e. The van der Waals surface area contributed by atoms with Crippen molar-refractivity contribution in [2.75, 3.05) is 6.61 Å². The lowest BCUT2D eigenvalue weighted by Crippen LogP contribution is -2.20. The maximum absolute atomic E-state index is 8.85. The van der Waals surface area contributed by atoms with Crippen LogP contribution in [0.5, 0.6) is 5.88 Å². The van der Waals surface area contributed by atoms with E-state index in [-0.39, 0.29) is 5.84 Å². The molecule has 1 aliphatic rings. The smallest absolute Gasteiger partial charge is 0.244 e. The van der Waals surface area contributed by atoms with Gasteiger partial charge >= 0.3 is 0 Å². The number of hydrogen-bond donors (Lipinski definition) is 2. The number of ether oxygens (including phenoxy) is 1. The molecule has 1 heterocycles. The van der Waals surface area contributed by atoms with Gasteiger partial charge in [-0.1, -0.05) is 24.4 Å². The molecule has 1 saturated carbocycles. The quantitative estimate of drug-likeness (QED) is 0.366. The first-order valence-electron chi connectivity index (χ1n) is 6.58. The van der Waals surface area contributed by atoms with Gasteiger partial charge in [0, 0.05) is 0 Å². The van der Waals surface area contributed by atoms with Gasteiger partial charge in [-0.3, -0.25) is 0 Å². The highest BCUT2D eigenvalue weighted by molar-refractivity contribution is 6.00. The van der Waals surface area contributed by atoms with Gasteiger partial charge in [0.25, 0.3) is 0 Å². The molecule has 0 spiro atoms. The van der Waals surface area contributed by atoms with Crippen molar-refractivity contribution in [1.82, 2.24) is 10.2 Å². The lowest BCUT2D eigenvalue weighted by atomic mass is 9.83. The molecule has 6 nitrogen and oxygen atoms in total. The van der Waals surface area contributed by atoms with Crippen molar-refractivity contribution in [3.05, 3.63) is 16.8 Å². The van der Waals surface area contributed by atoms with E-state index in [2.05, 4.69) is 15.4 Å². The fourth-order valence-electron chi connectivity index (χ4n) is 2.14. The Kier molecular flexibility index (Phi) is 4.19. The Bertz CT molecular complexity index is 484. The number of nitrogens with two attached hydrogens (primary N) is 1. The molecule has 0 amide bonds. The van der Waals surface area contributed by atoms with Crippen LogP contribution in [-0.4, -0.2) is 27.8 Å². The van der Waals surface area contributed by atoms with Crippen molar-refractivity contribution in [2.45, 2.75) is 39.5 Å². The Hall–Kier alpha value is -1.85. The first kappa shape index (κ1) is 13.6. The molecule has 6 heteroatoms. The van der Waals surface area contributed by atoms with Crippen molar-refractivity contribution >= 4 is 5.84 Å². The van der Waals surface area contributed by atoms with Crippen LogP contribution in [0, 0.1) is 19.8 Å². The molecule has 19 heavy (non-hydrogen) atoms. The van der Waals surface area contributed by atoms with Gasteiger partial charge in [0.1, 0.15) is 0 Å². The van der Waals surface area contributed by atoms with Crippen molar-refractivity contribution < 1.29 is 9.94 Å². The molecular weight excluding hydrogens is 244 g/mol. The van der Waals surface area contributed by atoms with Gasteiger partial charge in [-0.2, -0.15) is 5.10 Å². The van der Waals surface area contributed by atoms with E-state index >= 15 is 0 Å². The van der Waals surface area contributed by atoms with E-state index in [0.717, 1.165) is 23.6 Å². The Morgan fingerprint density at radius 3 is 2.74 bits per heavy atom. The van der Waals surface area contributed by atoms with Crippen LogP contribution in [0.2, 0.25) is 0 Å². The van der Waals surface area contributed by atoms with Gasteiger partial charge in [-0.25, -0.2) is 0 Å². The van der Waals surface area contributed by atoms with Crippen LogP contribution < -0.4 is 10.5 Å². The minimum absolute atomic E-state index is 0.00847. The third kappa shape index (κ3) is 2.94. The van der Waals surface area contributed by atoms with Gasteiger partial charge < -0.3 is 15.7 Å². The third-order valence-electron chi connectivity index (χ3n) is 3.78. The summed E-state index contributed by atoms with van der Waals surface area (Å²) in [5, 5.41) is 19.9. The molecular formula is C13H20N4O2. The molecule has 0 atom stereocenters. The molecule has 0 unspecified atom stereocenters. The molecule has 0 saturated heterocycles. The van der Waals surface area contributed by atoms with Crippen molar-refractivity contribution in [3.63, 3.8) is 0 Å². The number of aromatic nitrogens is 2. The number of amidine groups is 1. The zero-order valence-corrected chi connectivity index (χ0v) is 11.4. The minimum atomic E-state index is 0.00847. The average molecular weight is 264 g/mol. The van der Waals surface area contributed by atoms with Crippen LogP contribution in [0.1, 0.15) is 42.5 Å². The summed E-state index contributed by atoms with van der Waals surface area (Å²) in [6.45, 7) is 4.28. The summed E-state index contributed by atoms with van der Waals surface area (Å²) in [5.41, 5.74) is 7.78. The highest BCUT2D eigenvalue weighted by atomic mass is 16.5. The number of aryl methyl sites for hydroxylation is 1. The Labute approximate surface area is 112 Å². The standard InChI is InChI=1S/C13H20N4O2/c1-8-9(2)15-16-13(11(8)12(14)17-18)19-7-6-10-4-3-5-10/h10,18H,3-7H2,1-2H3,(H2,14,17). The van der Waals surface area contributed by atoms with E-state index in [0.29, 0.717) is 18.1 Å².